The Kier molecular flexibility index (Phi) is 7.41. The molecule has 0 fully saturated rings. The fourth-order valence-electron chi connectivity index (χ4n) is 7.06. The lowest BCUT2D eigenvalue weighted by molar-refractivity contribution is -0.428. The molecule has 4 heterocycles. The van der Waals surface area contributed by atoms with Crippen LogP contribution in [0.15, 0.2) is 106 Å². The standard InChI is InChI=1S/C38H32N2O6S2/c1-37(2)25-15-21(29-7-5-13-47-29)9-11-27(25)39(19-33(41)42)31(37)17-23-35(45)24(36(23)46)18-32-38(3,4)26-16-22(30-8-6-14-48-30)10-12-28(26)40(32)20-34(43)44/h5-18H,19-20H2,1-4H3,(H2-,41,42,43,44,45,46)/p+1. The summed E-state index contributed by atoms with van der Waals surface area (Å²) in [6.45, 7) is 7.31. The second-order valence-electron chi connectivity index (χ2n) is 13.2. The number of fused-ring (bicyclic) bond motifs is 2. The second-order valence-corrected chi connectivity index (χ2v) is 15.1. The number of hydrogen-bond donors (Lipinski definition) is 3. The molecule has 2 aromatic carbocycles. The minimum Gasteiger partial charge on any atom is -0.506 e. The minimum atomic E-state index is -1.02. The number of anilines is 1. The van der Waals surface area contributed by atoms with E-state index in [0.717, 1.165) is 43.4 Å². The van der Waals surface area contributed by atoms with Crippen LogP contribution in [-0.4, -0.2) is 56.4 Å². The van der Waals surface area contributed by atoms with Crippen LogP contribution in [0.4, 0.5) is 11.4 Å². The molecule has 7 rings (SSSR count). The molecule has 10 heteroatoms. The summed E-state index contributed by atoms with van der Waals surface area (Å²) in [5.41, 5.74) is 5.38. The predicted octanol–water partition coefficient (Wildman–Crippen LogP) is 7.69. The smallest absolute Gasteiger partial charge is 0.370 e. The quantitative estimate of drug-likeness (QED) is 0.129. The lowest BCUT2D eigenvalue weighted by Gasteiger charge is -2.28. The number of carboxylic acid groups (broad SMARTS) is 2. The highest BCUT2D eigenvalue weighted by Gasteiger charge is 2.48. The van der Waals surface area contributed by atoms with Crippen LogP contribution in [0.25, 0.3) is 20.9 Å². The molecule has 1 aliphatic carbocycles. The monoisotopic (exact) mass is 677 g/mol. The van der Waals surface area contributed by atoms with Crippen LogP contribution in [0.5, 0.6) is 0 Å². The van der Waals surface area contributed by atoms with Crippen molar-refractivity contribution in [2.75, 3.05) is 18.0 Å². The normalized spacial score (nSPS) is 19.2. The molecule has 3 N–H and O–H groups in total. The first-order valence-corrected chi connectivity index (χ1v) is 17.2. The molecule has 0 unspecified atom stereocenters. The number of ketones is 1. The van der Waals surface area contributed by atoms with Crippen LogP contribution in [0.1, 0.15) is 38.8 Å². The van der Waals surface area contributed by atoms with E-state index in [1.165, 1.54) is 0 Å². The third-order valence-electron chi connectivity index (χ3n) is 9.54. The van der Waals surface area contributed by atoms with Gasteiger partial charge >= 0.3 is 11.9 Å². The van der Waals surface area contributed by atoms with Crippen molar-refractivity contribution < 1.29 is 34.3 Å². The summed E-state index contributed by atoms with van der Waals surface area (Å²) < 4.78 is 1.69. The predicted molar refractivity (Wildman–Crippen MR) is 189 cm³/mol. The van der Waals surface area contributed by atoms with E-state index in [1.807, 2.05) is 87.0 Å². The Morgan fingerprint density at radius 3 is 2.02 bits per heavy atom. The summed E-state index contributed by atoms with van der Waals surface area (Å²) in [5.74, 6) is -2.64. The van der Waals surface area contributed by atoms with E-state index in [9.17, 15) is 29.7 Å². The zero-order chi connectivity index (χ0) is 34.1. The number of thiophene rings is 2. The van der Waals surface area contributed by atoms with Gasteiger partial charge in [-0.25, -0.2) is 4.79 Å². The third-order valence-corrected chi connectivity index (χ3v) is 11.4. The van der Waals surface area contributed by atoms with Crippen molar-refractivity contribution >= 4 is 57.5 Å². The number of rotatable bonds is 8. The van der Waals surface area contributed by atoms with Crippen molar-refractivity contribution in [1.82, 2.24) is 0 Å². The molecule has 0 spiro atoms. The molecule has 0 radical (unpaired) electrons. The van der Waals surface area contributed by atoms with Crippen LogP contribution >= 0.6 is 22.7 Å². The summed E-state index contributed by atoms with van der Waals surface area (Å²) in [6, 6.07) is 19.9. The zero-order valence-electron chi connectivity index (χ0n) is 26.8. The first-order chi connectivity index (χ1) is 22.8. The molecule has 0 bridgehead atoms. The van der Waals surface area contributed by atoms with Crippen LogP contribution < -0.4 is 4.90 Å². The van der Waals surface area contributed by atoms with E-state index < -0.39 is 28.6 Å². The van der Waals surface area contributed by atoms with Crippen LogP contribution in [0, 0.1) is 0 Å². The molecule has 3 aliphatic rings. The van der Waals surface area contributed by atoms with Gasteiger partial charge in [0.05, 0.1) is 16.6 Å². The lowest BCUT2D eigenvalue weighted by Crippen LogP contribution is -2.33. The number of carboxylic acids is 2. The maximum absolute atomic E-state index is 13.8. The topological polar surface area (TPSA) is 118 Å². The fourth-order valence-corrected chi connectivity index (χ4v) is 8.51. The summed E-state index contributed by atoms with van der Waals surface area (Å²) in [6.07, 6.45) is 3.20. The van der Waals surface area contributed by atoms with Crippen molar-refractivity contribution in [1.29, 1.82) is 0 Å². The van der Waals surface area contributed by atoms with Gasteiger partial charge in [0.2, 0.25) is 18.0 Å². The Morgan fingerprint density at radius 2 is 1.46 bits per heavy atom. The van der Waals surface area contributed by atoms with Gasteiger partial charge in [0.25, 0.3) is 0 Å². The van der Waals surface area contributed by atoms with Gasteiger partial charge in [-0.3, -0.25) is 9.59 Å². The van der Waals surface area contributed by atoms with Crippen molar-refractivity contribution in [2.45, 2.75) is 38.5 Å². The van der Waals surface area contributed by atoms with Gasteiger partial charge in [0.15, 0.2) is 5.71 Å². The molecule has 4 aromatic rings. The third kappa shape index (κ3) is 4.94. The lowest BCUT2D eigenvalue weighted by atomic mass is 9.77. The summed E-state index contributed by atoms with van der Waals surface area (Å²) in [7, 11) is 0. The van der Waals surface area contributed by atoms with Crippen molar-refractivity contribution in [3.63, 3.8) is 0 Å². The molecule has 0 atom stereocenters. The summed E-state index contributed by atoms with van der Waals surface area (Å²) in [5, 5.41) is 35.0. The molecule has 0 saturated carbocycles. The first kappa shape index (κ1) is 31.5. The number of aliphatic hydroxyl groups excluding tert-OH is 1. The van der Waals surface area contributed by atoms with Gasteiger partial charge in [0.1, 0.15) is 12.3 Å². The maximum Gasteiger partial charge on any atom is 0.370 e. The van der Waals surface area contributed by atoms with Crippen LogP contribution in [0.3, 0.4) is 0 Å². The molecule has 2 aliphatic heterocycles. The Morgan fingerprint density at radius 1 is 0.833 bits per heavy atom. The number of aliphatic carboxylic acids is 2. The Balaban J connectivity index is 1.30. The molecule has 48 heavy (non-hydrogen) atoms. The number of Topliss-reactive ketones (excluding diaryl/α,β-unsaturated/α-hetero) is 1. The van der Waals surface area contributed by atoms with Crippen molar-refractivity contribution in [3.05, 3.63) is 117 Å². The number of carbonyl (C=O) groups is 3. The van der Waals surface area contributed by atoms with Crippen molar-refractivity contribution in [3.8, 4) is 20.9 Å². The van der Waals surface area contributed by atoms with E-state index in [0.29, 0.717) is 11.4 Å². The molecule has 242 valence electrons. The molecule has 0 amide bonds. The highest BCUT2D eigenvalue weighted by atomic mass is 32.1. The number of aliphatic hydroxyl groups is 1. The van der Waals surface area contributed by atoms with E-state index in [1.54, 1.807) is 44.3 Å². The van der Waals surface area contributed by atoms with Gasteiger partial charge in [-0.2, -0.15) is 4.58 Å². The van der Waals surface area contributed by atoms with Crippen LogP contribution in [-0.2, 0) is 25.2 Å². The SMILES string of the molecule is CC1(C)C(=CC2=C(O)C(=CC3=[N+](CC(=O)O)c4ccc(-c5cccs5)cc4C3(C)C)C2=O)N(CC(=O)O)c2ccc(-c3cccs3)cc21. The number of benzene rings is 2. The first-order valence-electron chi connectivity index (χ1n) is 15.4. The minimum absolute atomic E-state index is 0.0877. The van der Waals surface area contributed by atoms with Gasteiger partial charge in [-0.05, 0) is 83.8 Å². The molecule has 2 aromatic heterocycles. The molecule has 8 nitrogen and oxygen atoms in total. The van der Waals surface area contributed by atoms with E-state index >= 15 is 0 Å². The van der Waals surface area contributed by atoms with E-state index in [2.05, 4.69) is 12.1 Å². The second kappa shape index (κ2) is 11.3. The average Bonchev–Trinajstić information content (AvgIpc) is 3.83. The highest BCUT2D eigenvalue weighted by molar-refractivity contribution is 7.13. The molecular weight excluding hydrogens is 645 g/mol. The Hall–Kier alpha value is -5.06. The number of nitrogens with zero attached hydrogens (tertiary/aromatic N) is 2. The fraction of sp³-hybridized carbons (Fsp3) is 0.211. The maximum atomic E-state index is 13.8. The van der Waals surface area contributed by atoms with Gasteiger partial charge < -0.3 is 20.2 Å². The Labute approximate surface area is 285 Å². The van der Waals surface area contributed by atoms with E-state index in [-0.39, 0.29) is 30.0 Å². The average molecular weight is 678 g/mol. The molecule has 0 saturated heterocycles. The van der Waals surface area contributed by atoms with Gasteiger partial charge in [-0.15, -0.1) is 22.7 Å². The molecular formula is C38H33N2O6S2+. The van der Waals surface area contributed by atoms with Crippen LogP contribution in [0.2, 0.25) is 0 Å². The van der Waals surface area contributed by atoms with Gasteiger partial charge in [-0.1, -0.05) is 32.0 Å². The highest BCUT2D eigenvalue weighted by Crippen LogP contribution is 2.50. The summed E-state index contributed by atoms with van der Waals surface area (Å²) in [4.78, 5) is 41.7. The number of hydrogen-bond acceptors (Lipinski definition) is 7. The number of allylic oxidation sites excluding steroid dienone is 5. The number of carbonyl (C=O) groups excluding carboxylic acids is 1. The zero-order valence-corrected chi connectivity index (χ0v) is 28.4. The largest absolute Gasteiger partial charge is 0.506 e. The Bertz CT molecular complexity index is 2170. The van der Waals surface area contributed by atoms with Gasteiger partial charge in [0, 0.05) is 44.3 Å². The van der Waals surface area contributed by atoms with E-state index in [4.69, 9.17) is 0 Å². The summed E-state index contributed by atoms with van der Waals surface area (Å²) >= 11 is 3.24. The van der Waals surface area contributed by atoms with Crippen molar-refractivity contribution in [2.24, 2.45) is 0 Å².